The molecule has 0 bridgehead atoms. The third-order valence-electron chi connectivity index (χ3n) is 2.69. The fourth-order valence-corrected chi connectivity index (χ4v) is 4.12. The third kappa shape index (κ3) is 2.63. The summed E-state index contributed by atoms with van der Waals surface area (Å²) in [4.78, 5) is 1.98. The SMILES string of the molecule is Cc1sc(C(Cl)C(C)(C)S(C)(=O)=O)cc1Br. The van der Waals surface area contributed by atoms with Crippen LogP contribution in [-0.2, 0) is 9.84 Å². The molecule has 0 N–H and O–H groups in total. The number of thiophene rings is 1. The third-order valence-corrected chi connectivity index (χ3v) is 8.08. The van der Waals surface area contributed by atoms with Crippen LogP contribution in [-0.4, -0.2) is 19.4 Å². The van der Waals surface area contributed by atoms with Gasteiger partial charge in [0, 0.05) is 20.5 Å². The Bertz CT molecular complexity index is 471. The molecule has 0 spiro atoms. The van der Waals surface area contributed by atoms with Crippen molar-refractivity contribution in [2.75, 3.05) is 6.26 Å². The minimum atomic E-state index is -3.19. The first-order chi connectivity index (χ1) is 7.07. The van der Waals surface area contributed by atoms with Gasteiger partial charge in [0.05, 0.1) is 10.1 Å². The van der Waals surface area contributed by atoms with Crippen LogP contribution in [0.5, 0.6) is 0 Å². The van der Waals surface area contributed by atoms with Gasteiger partial charge in [0.2, 0.25) is 0 Å². The predicted octanol–water partition coefficient (Wildman–Crippen LogP) is 3.92. The fraction of sp³-hybridized carbons (Fsp3) is 0.600. The molecule has 16 heavy (non-hydrogen) atoms. The molecule has 0 aromatic carbocycles. The van der Waals surface area contributed by atoms with Crippen molar-refractivity contribution in [3.63, 3.8) is 0 Å². The van der Waals surface area contributed by atoms with Gasteiger partial charge in [0.25, 0.3) is 0 Å². The molecule has 0 radical (unpaired) electrons. The molecule has 0 saturated heterocycles. The summed E-state index contributed by atoms with van der Waals surface area (Å²) >= 11 is 11.2. The maximum Gasteiger partial charge on any atom is 0.154 e. The number of alkyl halides is 1. The van der Waals surface area contributed by atoms with E-state index in [1.54, 1.807) is 13.8 Å². The Morgan fingerprint density at radius 1 is 1.50 bits per heavy atom. The van der Waals surface area contributed by atoms with Gasteiger partial charge >= 0.3 is 0 Å². The Kier molecular flexibility index (Phi) is 4.16. The van der Waals surface area contributed by atoms with Crippen molar-refractivity contribution in [3.05, 3.63) is 20.3 Å². The van der Waals surface area contributed by atoms with Crippen LogP contribution in [0.25, 0.3) is 0 Å². The maximum absolute atomic E-state index is 11.7. The molecule has 0 aliphatic heterocycles. The van der Waals surface area contributed by atoms with Crippen molar-refractivity contribution in [1.82, 2.24) is 0 Å². The highest BCUT2D eigenvalue weighted by Gasteiger charge is 2.39. The standard InChI is InChI=1S/C10H14BrClO2S2/c1-6-7(11)5-8(15-6)9(12)10(2,3)16(4,13)14/h5,9H,1-4H3. The highest BCUT2D eigenvalue weighted by atomic mass is 79.9. The lowest BCUT2D eigenvalue weighted by Crippen LogP contribution is -2.35. The monoisotopic (exact) mass is 344 g/mol. The quantitative estimate of drug-likeness (QED) is 0.778. The van der Waals surface area contributed by atoms with Gasteiger partial charge in [-0.2, -0.15) is 0 Å². The van der Waals surface area contributed by atoms with Gasteiger partial charge in [-0.15, -0.1) is 22.9 Å². The first kappa shape index (κ1) is 14.5. The number of aryl methyl sites for hydroxylation is 1. The Balaban J connectivity index is 3.17. The normalized spacial score (nSPS) is 15.1. The Labute approximate surface area is 114 Å². The van der Waals surface area contributed by atoms with Crippen LogP contribution >= 0.6 is 38.9 Å². The maximum atomic E-state index is 11.7. The van der Waals surface area contributed by atoms with E-state index in [1.807, 2.05) is 13.0 Å². The van der Waals surface area contributed by atoms with Gasteiger partial charge in [-0.05, 0) is 42.8 Å². The van der Waals surface area contributed by atoms with Crippen molar-refractivity contribution in [1.29, 1.82) is 0 Å². The summed E-state index contributed by atoms with van der Waals surface area (Å²) in [6, 6.07) is 1.89. The lowest BCUT2D eigenvalue weighted by atomic mass is 10.1. The van der Waals surface area contributed by atoms with Gasteiger partial charge in [0.1, 0.15) is 0 Å². The van der Waals surface area contributed by atoms with Crippen LogP contribution in [0, 0.1) is 6.92 Å². The summed E-state index contributed by atoms with van der Waals surface area (Å²) in [5.41, 5.74) is 0. The van der Waals surface area contributed by atoms with E-state index in [2.05, 4.69) is 15.9 Å². The second kappa shape index (κ2) is 4.59. The van der Waals surface area contributed by atoms with Gasteiger partial charge in [-0.3, -0.25) is 0 Å². The molecule has 1 aromatic rings. The molecule has 2 nitrogen and oxygen atoms in total. The van der Waals surface area contributed by atoms with Gasteiger partial charge in [-0.1, -0.05) is 0 Å². The van der Waals surface area contributed by atoms with Crippen molar-refractivity contribution >= 4 is 48.7 Å². The molecule has 6 heteroatoms. The number of sulfone groups is 1. The van der Waals surface area contributed by atoms with E-state index >= 15 is 0 Å². The Morgan fingerprint density at radius 2 is 2.00 bits per heavy atom. The van der Waals surface area contributed by atoms with E-state index in [4.69, 9.17) is 11.6 Å². The number of rotatable bonds is 3. The largest absolute Gasteiger partial charge is 0.229 e. The van der Waals surface area contributed by atoms with Crippen LogP contribution in [0.3, 0.4) is 0 Å². The van der Waals surface area contributed by atoms with E-state index in [0.29, 0.717) is 0 Å². The zero-order valence-corrected chi connectivity index (χ0v) is 13.5. The molecule has 1 atom stereocenters. The lowest BCUT2D eigenvalue weighted by Gasteiger charge is -2.27. The summed E-state index contributed by atoms with van der Waals surface area (Å²) < 4.78 is 23.3. The summed E-state index contributed by atoms with van der Waals surface area (Å²) in [5.74, 6) is 0. The fourth-order valence-electron chi connectivity index (χ4n) is 1.14. The summed E-state index contributed by atoms with van der Waals surface area (Å²) in [5, 5.41) is -0.530. The molecule has 0 saturated carbocycles. The zero-order chi connectivity index (χ0) is 12.7. The first-order valence-corrected chi connectivity index (χ1v) is 8.60. The van der Waals surface area contributed by atoms with Crippen molar-refractivity contribution in [2.45, 2.75) is 30.9 Å². The minimum Gasteiger partial charge on any atom is -0.229 e. The van der Waals surface area contributed by atoms with Crippen molar-refractivity contribution in [3.8, 4) is 0 Å². The smallest absolute Gasteiger partial charge is 0.154 e. The molecular weight excluding hydrogens is 332 g/mol. The van der Waals surface area contributed by atoms with Crippen molar-refractivity contribution < 1.29 is 8.42 Å². The molecule has 0 amide bonds. The number of halogens is 2. The molecule has 1 heterocycles. The van der Waals surface area contributed by atoms with E-state index in [9.17, 15) is 8.42 Å². The first-order valence-electron chi connectivity index (χ1n) is 4.67. The summed E-state index contributed by atoms with van der Waals surface area (Å²) in [6.07, 6.45) is 1.22. The Morgan fingerprint density at radius 3 is 2.31 bits per heavy atom. The van der Waals surface area contributed by atoms with E-state index < -0.39 is 20.0 Å². The molecule has 1 unspecified atom stereocenters. The van der Waals surface area contributed by atoms with Crippen LogP contribution in [0.1, 0.15) is 29.0 Å². The Hall–Kier alpha value is 0.420. The van der Waals surface area contributed by atoms with E-state index in [1.165, 1.54) is 17.6 Å². The van der Waals surface area contributed by atoms with E-state index in [-0.39, 0.29) is 0 Å². The summed E-state index contributed by atoms with van der Waals surface area (Å²) in [7, 11) is -3.19. The molecule has 92 valence electrons. The van der Waals surface area contributed by atoms with Crippen LogP contribution in [0.2, 0.25) is 0 Å². The number of hydrogen-bond donors (Lipinski definition) is 0. The highest BCUT2D eigenvalue weighted by Crippen LogP contribution is 2.42. The molecule has 0 aliphatic carbocycles. The van der Waals surface area contributed by atoms with Crippen LogP contribution in [0.4, 0.5) is 0 Å². The molecule has 1 rings (SSSR count). The second-order valence-corrected chi connectivity index (χ2v) is 9.47. The average Bonchev–Trinajstić information content (AvgIpc) is 2.43. The number of hydrogen-bond acceptors (Lipinski definition) is 3. The molecule has 0 aliphatic rings. The second-order valence-electron chi connectivity index (χ2n) is 4.29. The lowest BCUT2D eigenvalue weighted by molar-refractivity contribution is 0.545. The summed E-state index contributed by atoms with van der Waals surface area (Å²) in [6.45, 7) is 5.28. The molecule has 1 aromatic heterocycles. The van der Waals surface area contributed by atoms with Crippen LogP contribution < -0.4 is 0 Å². The topological polar surface area (TPSA) is 34.1 Å². The predicted molar refractivity (Wildman–Crippen MR) is 74.3 cm³/mol. The van der Waals surface area contributed by atoms with Crippen LogP contribution in [0.15, 0.2) is 10.5 Å². The highest BCUT2D eigenvalue weighted by molar-refractivity contribution is 9.10. The van der Waals surface area contributed by atoms with Gasteiger partial charge in [-0.25, -0.2) is 8.42 Å². The van der Waals surface area contributed by atoms with Crippen molar-refractivity contribution in [2.24, 2.45) is 0 Å². The average molecular weight is 346 g/mol. The minimum absolute atomic E-state index is 0.530. The molecule has 0 fully saturated rings. The molecular formula is C10H14BrClO2S2. The van der Waals surface area contributed by atoms with E-state index in [0.717, 1.165) is 14.2 Å². The van der Waals surface area contributed by atoms with Gasteiger partial charge < -0.3 is 0 Å². The van der Waals surface area contributed by atoms with Gasteiger partial charge in [0.15, 0.2) is 9.84 Å². The zero-order valence-electron chi connectivity index (χ0n) is 9.54.